The summed E-state index contributed by atoms with van der Waals surface area (Å²) >= 11 is 0. The molecule has 6 aliphatic heterocycles. The molecule has 0 aromatic heterocycles. The Hall–Kier alpha value is 11.2. The van der Waals surface area contributed by atoms with Gasteiger partial charge in [0.15, 0.2) is 16.6 Å². The smallest absolute Gasteiger partial charge is 1.00 e. The Bertz CT molecular complexity index is 2220. The van der Waals surface area contributed by atoms with Crippen LogP contribution >= 0.6 is 88.7 Å². The van der Waals surface area contributed by atoms with Crippen molar-refractivity contribution in [2.45, 2.75) is 257 Å². The molecule has 102 heavy (non-hydrogen) atoms. The summed E-state index contributed by atoms with van der Waals surface area (Å²) < 4.78 is 129. The summed E-state index contributed by atoms with van der Waals surface area (Å²) in [5, 5.41) is 43.6. The second-order valence-electron chi connectivity index (χ2n) is 25.1. The molecule has 0 aromatic carbocycles. The number of hydrogen-bond acceptors (Lipinski definition) is 30. The van der Waals surface area contributed by atoms with E-state index in [0.29, 0.717) is 56.0 Å². The molecule has 4 N–H and O–H groups in total. The Balaban J connectivity index is -0.000000114. The number of aliphatic hydroxyl groups excluding tert-OH is 4. The van der Waals surface area contributed by atoms with Crippen LogP contribution in [0.25, 0.3) is 0 Å². The van der Waals surface area contributed by atoms with E-state index < -0.39 is 65.0 Å². The van der Waals surface area contributed by atoms with Gasteiger partial charge in [-0.15, -0.1) is 47.6 Å². The van der Waals surface area contributed by atoms with E-state index in [0.717, 1.165) is 37.2 Å². The first kappa shape index (κ1) is 124. The van der Waals surface area contributed by atoms with Crippen LogP contribution in [0.15, 0.2) is 0 Å². The maximum absolute atomic E-state index is 13.6. The van der Waals surface area contributed by atoms with E-state index in [1.807, 2.05) is 24.6 Å². The summed E-state index contributed by atoms with van der Waals surface area (Å²) in [6, 6.07) is 1.75. The zero-order valence-corrected chi connectivity index (χ0v) is 99.1. The van der Waals surface area contributed by atoms with Crippen LogP contribution in [0.5, 0.6) is 0 Å². The standard InChI is InChI=1S/C22H43O7PS2Si.C17H32O6PSi.C14H25O9PS2.C5H12OS2.C2H3N.CH4.6Ba.6H/c1-8-15-31-32-16-14-26-30(23,28-19-10-12-24-18(19)9-2)27-17-21-20(11-13-25-21)29-33(6,7)22(3,4)5;1-7-13-14(8-10-19-13)22-24(18)21-12-16-15(9-11-20-16)23-25(5,6)17(2,3)4;15-3-7-25-26-8-6-21-24(18,22-10-14-11(17)1-4-20-14)23-12-2-5-19-13(12)9-16;1-2-4-7-8-5-3-6;1-2-3;;;;;;;;;;;;;/h12-13,18-21H,8-11,14-17H2,1-7H3;10-11,13-16H,7-9,12H2,1-6H3;4-5,11-17H,1-3,6-10H2;6H,2-5H2,1H3;1H3;1H4;;;;;;;;;;;;/q-2;-1;-2;;;;6*+2;6*-1/t18-,19-,20-,21-,30+;13-,14-,15-,16-;11-,12-,13-,14-,24+;;;;;;;;;;;;;;;/m111.............../s1. The minimum atomic E-state index is -3.94. The van der Waals surface area contributed by atoms with Crippen LogP contribution in [0.4, 0.5) is 0 Å². The quantitative estimate of drug-likeness (QED) is 0.0145. The maximum atomic E-state index is 13.6. The van der Waals surface area contributed by atoms with Gasteiger partial charge in [-0.1, -0.05) is 141 Å². The monoisotopic (exact) mass is 2410 g/mol. The van der Waals surface area contributed by atoms with Gasteiger partial charge in [0, 0.05) is 64.3 Å². The fourth-order valence-corrected chi connectivity index (χ4v) is 20.2. The van der Waals surface area contributed by atoms with Crippen molar-refractivity contribution in [3.05, 3.63) is 39.6 Å². The van der Waals surface area contributed by atoms with E-state index in [4.69, 9.17) is 88.9 Å². The van der Waals surface area contributed by atoms with Gasteiger partial charge in [0.25, 0.3) is 0 Å². The van der Waals surface area contributed by atoms with Crippen LogP contribution in [0, 0.1) is 51.0 Å². The molecule has 6 saturated heterocycles. The number of nitrogens with zero attached hydrogens (tertiary/aromatic N) is 1. The van der Waals surface area contributed by atoms with Crippen LogP contribution in [0.1, 0.15) is 156 Å². The van der Waals surface area contributed by atoms with Gasteiger partial charge in [0.1, 0.15) is 12.7 Å². The van der Waals surface area contributed by atoms with Crippen LogP contribution in [0.2, 0.25) is 36.3 Å². The average Bonchev–Trinajstić information content (AvgIpc) is 1.75. The molecule has 1 unspecified atom stereocenters. The van der Waals surface area contributed by atoms with E-state index in [1.54, 1.807) is 64.9 Å². The van der Waals surface area contributed by atoms with Crippen molar-refractivity contribution in [1.29, 1.82) is 5.26 Å². The van der Waals surface area contributed by atoms with Crippen LogP contribution in [-0.2, 0) is 87.2 Å². The molecule has 41 heteroatoms. The molecule has 6 fully saturated rings. The maximum Gasteiger partial charge on any atom is 2.00 e. The number of hydrogen-bond donors (Lipinski definition) is 4. The third kappa shape index (κ3) is 53.3. The molecule has 0 radical (unpaired) electrons. The summed E-state index contributed by atoms with van der Waals surface area (Å²) in [6.45, 7) is 42.4. The van der Waals surface area contributed by atoms with Gasteiger partial charge >= 0.3 is 317 Å². The van der Waals surface area contributed by atoms with Crippen molar-refractivity contribution in [3.63, 3.8) is 0 Å². The molecule has 0 saturated carbocycles. The van der Waals surface area contributed by atoms with Crippen LogP contribution in [-0.4, -0.2) is 491 Å². The SMILES string of the molecule is C.CC#N.CCCSSCCO.CCCSSCCO[P@@](=O)(OC[C@H]1O[CH-]C[C@H]1O[Si](C)(C)C(C)(C)C)O[C@@H]1C[CH-]O[C@@H]1CC.CC[C@H]1O[CH-]C[C@H]1O[P+](=O)OC[C@H]1O[CH-]C[C@H]1O[Si](C)(C)C(C)(C)C.O=[P@](OCCSSCCO)(OC[C@H]1O[CH-]C[C@H]1O)O[C@@H]1C[CH-]O[C@@H]1CO.[Ba+2].[Ba+2].[Ba+2].[Ba+2].[Ba+2].[Ba+2].[H-].[H-].[H-].[H-].[H-].[H-]. The first-order valence-electron chi connectivity index (χ1n) is 32.7. The first-order valence-corrected chi connectivity index (χ1v) is 50.0. The van der Waals surface area contributed by atoms with E-state index in [2.05, 4.69) is 81.6 Å². The fourth-order valence-electron chi connectivity index (χ4n) is 8.19. The Morgan fingerprint density at radius 3 is 1.21 bits per heavy atom. The van der Waals surface area contributed by atoms with Crippen LogP contribution in [0.3, 0.4) is 0 Å². The van der Waals surface area contributed by atoms with Gasteiger partial charge in [-0.2, -0.15) is 5.26 Å². The summed E-state index contributed by atoms with van der Waals surface area (Å²) in [5.41, 5.74) is 0. The van der Waals surface area contributed by atoms with E-state index >= 15 is 0 Å². The minimum absolute atomic E-state index is 0. The Morgan fingerprint density at radius 2 is 0.833 bits per heavy atom. The van der Waals surface area contributed by atoms with Crippen molar-refractivity contribution in [2.75, 3.05) is 87.4 Å². The Morgan fingerprint density at radius 1 is 0.510 bits per heavy atom. The molecule has 6 heterocycles. The van der Waals surface area contributed by atoms with Crippen molar-refractivity contribution in [2.24, 2.45) is 0 Å². The molecule has 0 aromatic rings. The second-order valence-corrected chi connectivity index (χ2v) is 46.8. The number of ether oxygens (including phenoxy) is 6. The predicted octanol–water partition coefficient (Wildman–Crippen LogP) is 14.2. The van der Waals surface area contributed by atoms with Crippen molar-refractivity contribution in [3.8, 4) is 6.07 Å². The molecule has 0 bridgehead atoms. The van der Waals surface area contributed by atoms with Gasteiger partial charge in [-0.05, 0) is 61.9 Å². The number of rotatable bonds is 41. The van der Waals surface area contributed by atoms with Crippen LogP contribution < -0.4 is 0 Å². The molecule has 24 nitrogen and oxygen atoms in total. The first-order chi connectivity index (χ1) is 45.1. The number of phosphoric acid groups is 2. The molecular formula is C61H125Ba6NO23P3S6Si2+. The summed E-state index contributed by atoms with van der Waals surface area (Å²) in [6.07, 6.45) is 3.05. The molecule has 6 rings (SSSR count). The molecule has 582 valence electrons. The van der Waals surface area contributed by atoms with Gasteiger partial charge < -0.3 is 66.3 Å². The summed E-state index contributed by atoms with van der Waals surface area (Å²) in [4.78, 5) is 0. The molecule has 6 aliphatic rings. The van der Waals surface area contributed by atoms with Gasteiger partial charge in [-0.25, -0.2) is 48.8 Å². The molecule has 0 aliphatic carbocycles. The van der Waals surface area contributed by atoms with Crippen molar-refractivity contribution < 1.29 is 116 Å². The second kappa shape index (κ2) is 71.6. The molecule has 0 amide bonds. The predicted molar refractivity (Wildman–Crippen MR) is 436 cm³/mol. The zero-order chi connectivity index (χ0) is 71.0. The van der Waals surface area contributed by atoms with E-state index in [9.17, 15) is 23.9 Å². The molecule has 0 spiro atoms. The summed E-state index contributed by atoms with van der Waals surface area (Å²) in [5.74, 6) is 4.96. The molecular weight excluding hydrogens is 2280 g/mol. The van der Waals surface area contributed by atoms with Gasteiger partial charge in [-0.3, -0.25) is 27.1 Å². The van der Waals surface area contributed by atoms with E-state index in [1.165, 1.54) is 53.9 Å². The third-order valence-electron chi connectivity index (χ3n) is 15.5. The molecule has 15 atom stereocenters. The third-order valence-corrected chi connectivity index (χ3v) is 35.8. The Labute approximate surface area is 892 Å². The number of nitriles is 1. The average molecular weight is 2410 g/mol. The van der Waals surface area contributed by atoms with Crippen molar-refractivity contribution in [1.82, 2.24) is 0 Å². The zero-order valence-electron chi connectivity index (χ0n) is 68.9. The minimum Gasteiger partial charge on any atom is -1.00 e. The number of phosphoric ester groups is 2. The topological polar surface area (TPSA) is 304 Å². The Kier molecular flexibility index (Phi) is 87.1. The van der Waals surface area contributed by atoms with Crippen molar-refractivity contribution >= 4 is 399 Å². The van der Waals surface area contributed by atoms with E-state index in [-0.39, 0.29) is 414 Å². The largest absolute Gasteiger partial charge is 2.00 e. The normalized spacial score (nSPS) is 25.7. The summed E-state index contributed by atoms with van der Waals surface area (Å²) in [7, 11) is -3.80. The fraction of sp³-hybridized carbons (Fsp3) is 0.885. The van der Waals surface area contributed by atoms with Gasteiger partial charge in [0.05, 0.1) is 101 Å². The van der Waals surface area contributed by atoms with Gasteiger partial charge in [0.2, 0.25) is 0 Å². The number of aliphatic hydroxyl groups is 4.